The molecule has 0 bridgehead atoms. The number of ether oxygens (including phenoxy) is 3. The smallest absolute Gasteiger partial charge is 0.419 e. The molecular formula is C20H17ClO7P+. The van der Waals surface area contributed by atoms with Crippen LogP contribution in [0.1, 0.15) is 0 Å². The molecule has 0 amide bonds. The molecule has 0 aliphatic carbocycles. The molecule has 29 heavy (non-hydrogen) atoms. The molecule has 1 unspecified atom stereocenters. The van der Waals surface area contributed by atoms with Crippen LogP contribution in [-0.2, 0) is 14.1 Å². The largest absolute Gasteiger partial charge is 0.725 e. The first-order valence-electron chi connectivity index (χ1n) is 8.43. The first kappa shape index (κ1) is 21.0. The second kappa shape index (κ2) is 10.2. The molecule has 0 fully saturated rings. The van der Waals surface area contributed by atoms with Gasteiger partial charge in [-0.15, -0.1) is 4.89 Å². The lowest BCUT2D eigenvalue weighted by Crippen LogP contribution is -2.52. The molecule has 0 saturated carbocycles. The maximum Gasteiger partial charge on any atom is 0.725 e. The molecule has 3 rings (SSSR count). The minimum Gasteiger partial charge on any atom is -0.419 e. The van der Waals surface area contributed by atoms with Crippen LogP contribution in [0.3, 0.4) is 0 Å². The van der Waals surface area contributed by atoms with E-state index < -0.39 is 20.8 Å². The molecule has 0 aromatic heterocycles. The van der Waals surface area contributed by atoms with Gasteiger partial charge in [0.15, 0.2) is 0 Å². The number of hydrogen-bond acceptors (Lipinski definition) is 6. The zero-order valence-corrected chi connectivity index (χ0v) is 16.7. The summed E-state index contributed by atoms with van der Waals surface area (Å²) in [4.78, 5) is 13.7. The van der Waals surface area contributed by atoms with E-state index in [0.717, 1.165) is 0 Å². The third-order valence-corrected chi connectivity index (χ3v) is 3.96. The Hall–Kier alpha value is -2.67. The Balaban J connectivity index is 1.94. The Bertz CT molecular complexity index is 866. The van der Waals surface area contributed by atoms with Crippen LogP contribution in [-0.4, -0.2) is 17.5 Å². The highest BCUT2D eigenvalue weighted by Gasteiger charge is 2.41. The quantitative estimate of drug-likeness (QED) is 0.204. The van der Waals surface area contributed by atoms with Gasteiger partial charge in [0.25, 0.3) is 0 Å². The van der Waals surface area contributed by atoms with Crippen LogP contribution in [0.4, 0.5) is 0 Å². The van der Waals surface area contributed by atoms with Gasteiger partial charge in [-0.1, -0.05) is 48.0 Å². The Morgan fingerprint density at radius 1 is 0.759 bits per heavy atom. The standard InChI is InChI=1S/C20H16ClO7P/c21-16-11-13-19(14-12-16)27-20(15-24-28-29(22)23,25-17-7-3-1-4-8-17)26-18-9-5-2-6-10-18/h1-14H,15H2/p+1. The van der Waals surface area contributed by atoms with E-state index in [9.17, 15) is 4.57 Å². The van der Waals surface area contributed by atoms with Gasteiger partial charge in [-0.3, -0.25) is 0 Å². The number of benzene rings is 3. The van der Waals surface area contributed by atoms with Crippen LogP contribution in [0, 0.1) is 0 Å². The fourth-order valence-electron chi connectivity index (χ4n) is 2.31. The predicted octanol–water partition coefficient (Wildman–Crippen LogP) is 5.13. The molecule has 3 aromatic carbocycles. The van der Waals surface area contributed by atoms with Crippen molar-refractivity contribution in [2.24, 2.45) is 0 Å². The van der Waals surface area contributed by atoms with E-state index in [-0.39, 0.29) is 0 Å². The molecule has 150 valence electrons. The molecule has 0 radical (unpaired) electrons. The summed E-state index contributed by atoms with van der Waals surface area (Å²) < 4.78 is 33.1. The van der Waals surface area contributed by atoms with Crippen LogP contribution in [0.2, 0.25) is 5.02 Å². The maximum absolute atomic E-state index is 10.9. The normalized spacial score (nSPS) is 11.6. The van der Waals surface area contributed by atoms with E-state index in [4.69, 9.17) is 35.6 Å². The summed E-state index contributed by atoms with van der Waals surface area (Å²) >= 11 is 5.94. The van der Waals surface area contributed by atoms with Crippen LogP contribution < -0.4 is 14.2 Å². The lowest BCUT2D eigenvalue weighted by molar-refractivity contribution is -0.334. The van der Waals surface area contributed by atoms with Gasteiger partial charge in [-0.25, -0.2) is 0 Å². The van der Waals surface area contributed by atoms with Crippen molar-refractivity contribution in [2.45, 2.75) is 5.97 Å². The lowest BCUT2D eigenvalue weighted by Gasteiger charge is -2.32. The summed E-state index contributed by atoms with van der Waals surface area (Å²) in [5.74, 6) is -0.705. The molecule has 3 aromatic rings. The monoisotopic (exact) mass is 435 g/mol. The molecule has 1 atom stereocenters. The van der Waals surface area contributed by atoms with E-state index in [1.807, 2.05) is 12.1 Å². The zero-order chi connectivity index (χ0) is 20.5. The number of hydrogen-bond donors (Lipinski definition) is 1. The maximum atomic E-state index is 10.9. The third kappa shape index (κ3) is 6.71. The lowest BCUT2D eigenvalue weighted by atomic mass is 10.3. The minimum atomic E-state index is -2.99. The Kier molecular flexibility index (Phi) is 7.41. The van der Waals surface area contributed by atoms with E-state index in [0.29, 0.717) is 22.3 Å². The van der Waals surface area contributed by atoms with E-state index in [2.05, 4.69) is 4.67 Å². The summed E-state index contributed by atoms with van der Waals surface area (Å²) in [5, 5.41) is 0.521. The summed E-state index contributed by atoms with van der Waals surface area (Å²) in [5.41, 5.74) is 0. The number of halogens is 1. The first-order valence-corrected chi connectivity index (χ1v) is 9.94. The average molecular weight is 436 g/mol. The topological polar surface area (TPSA) is 83.5 Å². The van der Waals surface area contributed by atoms with Crippen molar-refractivity contribution >= 4 is 19.9 Å². The molecule has 7 nitrogen and oxygen atoms in total. The Labute approximate surface area is 173 Å². The van der Waals surface area contributed by atoms with Gasteiger partial charge in [-0.05, 0) is 48.5 Å². The van der Waals surface area contributed by atoms with Gasteiger partial charge in [0, 0.05) is 9.59 Å². The second-order valence-electron chi connectivity index (χ2n) is 5.64. The number of para-hydroxylation sites is 2. The highest BCUT2D eigenvalue weighted by Crippen LogP contribution is 2.29. The van der Waals surface area contributed by atoms with Gasteiger partial charge in [0.05, 0.1) is 4.67 Å². The first-order chi connectivity index (χ1) is 14.0. The summed E-state index contributed by atoms with van der Waals surface area (Å²) in [6.07, 6.45) is 0. The van der Waals surface area contributed by atoms with Crippen molar-refractivity contribution < 1.29 is 33.2 Å². The molecule has 1 N–H and O–H groups in total. The van der Waals surface area contributed by atoms with Crippen molar-refractivity contribution in [2.75, 3.05) is 6.61 Å². The molecule has 0 aliphatic heterocycles. The van der Waals surface area contributed by atoms with Crippen molar-refractivity contribution in [3.63, 3.8) is 0 Å². The predicted molar refractivity (Wildman–Crippen MR) is 106 cm³/mol. The molecule has 0 heterocycles. The summed E-state index contributed by atoms with van der Waals surface area (Å²) in [7, 11) is -2.99. The Morgan fingerprint density at radius 2 is 1.21 bits per heavy atom. The summed E-state index contributed by atoms with van der Waals surface area (Å²) in [6.45, 7) is -0.499. The van der Waals surface area contributed by atoms with Crippen molar-refractivity contribution in [1.29, 1.82) is 0 Å². The Morgan fingerprint density at radius 3 is 1.66 bits per heavy atom. The molecule has 0 spiro atoms. The SMILES string of the molecule is O=[P+](O)OOCC(Oc1ccccc1)(Oc1ccccc1)Oc1ccc(Cl)cc1. The van der Waals surface area contributed by atoms with Gasteiger partial charge in [0.2, 0.25) is 6.61 Å². The minimum absolute atomic E-state index is 0.359. The highest BCUT2D eigenvalue weighted by molar-refractivity contribution is 7.31. The van der Waals surface area contributed by atoms with E-state index in [1.165, 1.54) is 0 Å². The van der Waals surface area contributed by atoms with Gasteiger partial charge in [-0.2, -0.15) is 4.89 Å². The van der Waals surface area contributed by atoms with Crippen LogP contribution in [0.25, 0.3) is 0 Å². The van der Waals surface area contributed by atoms with Gasteiger partial charge < -0.3 is 14.2 Å². The van der Waals surface area contributed by atoms with Crippen LogP contribution >= 0.6 is 19.9 Å². The molecule has 9 heteroatoms. The highest BCUT2D eigenvalue weighted by atomic mass is 35.5. The van der Waals surface area contributed by atoms with Gasteiger partial charge >= 0.3 is 14.2 Å². The van der Waals surface area contributed by atoms with E-state index >= 15 is 0 Å². The van der Waals surface area contributed by atoms with Crippen molar-refractivity contribution in [3.05, 3.63) is 90.0 Å². The van der Waals surface area contributed by atoms with Crippen molar-refractivity contribution in [1.82, 2.24) is 0 Å². The van der Waals surface area contributed by atoms with E-state index in [1.54, 1.807) is 72.8 Å². The third-order valence-electron chi connectivity index (χ3n) is 3.47. The summed E-state index contributed by atoms with van der Waals surface area (Å²) in [6, 6.07) is 24.0. The zero-order valence-electron chi connectivity index (χ0n) is 15.0. The second-order valence-corrected chi connectivity index (χ2v) is 6.70. The molecular weight excluding hydrogens is 419 g/mol. The fourth-order valence-corrected chi connectivity index (χ4v) is 2.58. The van der Waals surface area contributed by atoms with Crippen LogP contribution in [0.5, 0.6) is 17.2 Å². The molecule has 0 aliphatic rings. The van der Waals surface area contributed by atoms with Crippen molar-refractivity contribution in [3.8, 4) is 17.2 Å². The average Bonchev–Trinajstić information content (AvgIpc) is 2.71. The fraction of sp³-hybridized carbons (Fsp3) is 0.100. The van der Waals surface area contributed by atoms with Crippen LogP contribution in [0.15, 0.2) is 84.9 Å². The van der Waals surface area contributed by atoms with Gasteiger partial charge in [0.1, 0.15) is 17.2 Å². The molecule has 0 saturated heterocycles. The number of rotatable bonds is 10.